The van der Waals surface area contributed by atoms with Gasteiger partial charge in [-0.3, -0.25) is 0 Å². The van der Waals surface area contributed by atoms with Gasteiger partial charge in [0.2, 0.25) is 0 Å². The van der Waals surface area contributed by atoms with E-state index in [1.165, 1.54) is 87.9 Å². The predicted molar refractivity (Wildman–Crippen MR) is 298 cm³/mol. The molecule has 70 heavy (non-hydrogen) atoms. The molecule has 0 aliphatic carbocycles. The molecule has 0 saturated carbocycles. The van der Waals surface area contributed by atoms with Crippen LogP contribution in [0.1, 0.15) is 0 Å². The van der Waals surface area contributed by atoms with Crippen molar-refractivity contribution in [2.45, 2.75) is 0 Å². The highest BCUT2D eigenvalue weighted by Gasteiger charge is 2.20. The number of hydrogen-bond donors (Lipinski definition) is 0. The molecule has 0 aliphatic heterocycles. The monoisotopic (exact) mass is 890 g/mol. The van der Waals surface area contributed by atoms with Gasteiger partial charge in [-0.05, 0) is 150 Å². The Labute approximate surface area is 408 Å². The van der Waals surface area contributed by atoms with Gasteiger partial charge in [0.15, 0.2) is 0 Å². The summed E-state index contributed by atoms with van der Waals surface area (Å²) in [6, 6.07) is 102. The molecule has 0 radical (unpaired) electrons. The van der Waals surface area contributed by atoms with Gasteiger partial charge in [-0.25, -0.2) is 0 Å². The highest BCUT2D eigenvalue weighted by Crippen LogP contribution is 2.46. The number of aromatic nitrogens is 1. The Morgan fingerprint density at radius 1 is 0.214 bits per heavy atom. The van der Waals surface area contributed by atoms with Crippen LogP contribution in [0, 0.1) is 0 Å². The molecule has 1 aromatic heterocycles. The first-order valence-corrected chi connectivity index (χ1v) is 24.1. The Kier molecular flexibility index (Phi) is 10.2. The summed E-state index contributed by atoms with van der Waals surface area (Å²) < 4.78 is 2.38. The fourth-order valence-electron chi connectivity index (χ4n) is 10.7. The molecule has 0 unspecified atom stereocenters. The zero-order valence-corrected chi connectivity index (χ0v) is 38.5. The number of benzene rings is 12. The second kappa shape index (κ2) is 17.4. The van der Waals surface area contributed by atoms with E-state index in [4.69, 9.17) is 0 Å². The Hall–Kier alpha value is -9.24. The fraction of sp³-hybridized carbons (Fsp3) is 0. The van der Waals surface area contributed by atoms with E-state index in [-0.39, 0.29) is 0 Å². The number of para-hydroxylation sites is 2. The van der Waals surface area contributed by atoms with E-state index in [1.807, 2.05) is 0 Å². The van der Waals surface area contributed by atoms with Crippen molar-refractivity contribution in [1.82, 2.24) is 4.57 Å². The van der Waals surface area contributed by atoms with Gasteiger partial charge >= 0.3 is 0 Å². The van der Waals surface area contributed by atoms with Crippen LogP contribution in [-0.2, 0) is 0 Å². The predicted octanol–water partition coefficient (Wildman–Crippen LogP) is 18.9. The van der Waals surface area contributed by atoms with E-state index in [1.54, 1.807) is 0 Å². The molecule has 0 saturated heterocycles. The molecule has 0 amide bonds. The highest BCUT2D eigenvalue weighted by atomic mass is 15.1. The lowest BCUT2D eigenvalue weighted by molar-refractivity contribution is 1.18. The van der Waals surface area contributed by atoms with E-state index in [2.05, 4.69) is 289 Å². The van der Waals surface area contributed by atoms with E-state index >= 15 is 0 Å². The Morgan fingerprint density at radius 2 is 0.629 bits per heavy atom. The van der Waals surface area contributed by atoms with Gasteiger partial charge in [0.05, 0.1) is 11.0 Å². The summed E-state index contributed by atoms with van der Waals surface area (Å²) in [6.45, 7) is 0. The molecule has 0 aliphatic rings. The third kappa shape index (κ3) is 7.22. The maximum atomic E-state index is 2.41. The molecule has 0 bridgehead atoms. The first-order chi connectivity index (χ1) is 34.7. The van der Waals surface area contributed by atoms with Crippen molar-refractivity contribution in [1.29, 1.82) is 0 Å². The van der Waals surface area contributed by atoms with Crippen LogP contribution >= 0.6 is 0 Å². The molecular formula is C68H46N2. The van der Waals surface area contributed by atoms with Crippen molar-refractivity contribution in [2.24, 2.45) is 0 Å². The molecule has 1 heterocycles. The zero-order chi connectivity index (χ0) is 46.4. The molecular weight excluding hydrogens is 845 g/mol. The normalized spacial score (nSPS) is 11.4. The number of hydrogen-bond acceptors (Lipinski definition) is 1. The van der Waals surface area contributed by atoms with Crippen LogP contribution in [-0.4, -0.2) is 4.57 Å². The van der Waals surface area contributed by atoms with Gasteiger partial charge in [0.25, 0.3) is 0 Å². The maximum absolute atomic E-state index is 2.41. The van der Waals surface area contributed by atoms with E-state index in [0.717, 1.165) is 33.9 Å². The lowest BCUT2D eigenvalue weighted by atomic mass is 9.84. The highest BCUT2D eigenvalue weighted by molar-refractivity contribution is 6.22. The van der Waals surface area contributed by atoms with Crippen LogP contribution in [0.2, 0.25) is 0 Å². The summed E-state index contributed by atoms with van der Waals surface area (Å²) in [7, 11) is 0. The van der Waals surface area contributed by atoms with Gasteiger partial charge in [0, 0.05) is 33.5 Å². The van der Waals surface area contributed by atoms with E-state index in [9.17, 15) is 0 Å². The molecule has 2 nitrogen and oxygen atoms in total. The third-order valence-corrected chi connectivity index (χ3v) is 13.9. The smallest absolute Gasteiger partial charge is 0.0541 e. The minimum Gasteiger partial charge on any atom is -0.310 e. The van der Waals surface area contributed by atoms with Crippen molar-refractivity contribution in [3.63, 3.8) is 0 Å². The first-order valence-electron chi connectivity index (χ1n) is 24.1. The maximum Gasteiger partial charge on any atom is 0.0541 e. The number of fused-ring (bicyclic) bond motifs is 6. The summed E-state index contributed by atoms with van der Waals surface area (Å²) in [4.78, 5) is 2.39. The summed E-state index contributed by atoms with van der Waals surface area (Å²) >= 11 is 0. The Bertz CT molecular complexity index is 4020. The Balaban J connectivity index is 0.942. The van der Waals surface area contributed by atoms with Crippen LogP contribution in [0.15, 0.2) is 279 Å². The summed E-state index contributed by atoms with van der Waals surface area (Å²) in [5.41, 5.74) is 18.8. The van der Waals surface area contributed by atoms with Crippen LogP contribution in [0.3, 0.4) is 0 Å². The topological polar surface area (TPSA) is 8.17 Å². The largest absolute Gasteiger partial charge is 0.310 e. The van der Waals surface area contributed by atoms with Crippen LogP contribution < -0.4 is 4.90 Å². The van der Waals surface area contributed by atoms with Gasteiger partial charge < -0.3 is 9.47 Å². The van der Waals surface area contributed by atoms with Gasteiger partial charge in [0.1, 0.15) is 0 Å². The van der Waals surface area contributed by atoms with Crippen molar-refractivity contribution >= 4 is 60.4 Å². The van der Waals surface area contributed by atoms with Crippen molar-refractivity contribution in [3.8, 4) is 61.3 Å². The second-order valence-electron chi connectivity index (χ2n) is 18.1. The molecule has 13 rings (SSSR count). The van der Waals surface area contributed by atoms with Crippen molar-refractivity contribution in [2.75, 3.05) is 4.90 Å². The van der Waals surface area contributed by atoms with Gasteiger partial charge in [-0.15, -0.1) is 0 Å². The van der Waals surface area contributed by atoms with E-state index < -0.39 is 0 Å². The van der Waals surface area contributed by atoms with Crippen LogP contribution in [0.4, 0.5) is 17.1 Å². The van der Waals surface area contributed by atoms with Crippen LogP contribution in [0.25, 0.3) is 105 Å². The number of anilines is 3. The lowest BCUT2D eigenvalue weighted by Crippen LogP contribution is -2.10. The molecule has 0 fully saturated rings. The quantitative estimate of drug-likeness (QED) is 0.131. The SMILES string of the molecule is c1ccc(-c2cccc(N(c3ccc(-c4ccc5c(c4)c(-c4ccccc4)c(-c4ccccc4)c4ccccc45)cc3)c3cccc(-c4ccc5c(c4)c4ccccc4n5-c4ccccc4)c3)c2)cc1. The van der Waals surface area contributed by atoms with E-state index in [0.29, 0.717) is 0 Å². The number of rotatable bonds is 9. The number of nitrogens with zero attached hydrogens (tertiary/aromatic N) is 2. The zero-order valence-electron chi connectivity index (χ0n) is 38.5. The molecule has 12 aromatic carbocycles. The summed E-state index contributed by atoms with van der Waals surface area (Å²) in [5, 5.41) is 7.48. The second-order valence-corrected chi connectivity index (χ2v) is 18.1. The van der Waals surface area contributed by atoms with Crippen molar-refractivity contribution < 1.29 is 0 Å². The molecule has 13 aromatic rings. The van der Waals surface area contributed by atoms with Gasteiger partial charge in [-0.2, -0.15) is 0 Å². The van der Waals surface area contributed by atoms with Crippen molar-refractivity contribution in [3.05, 3.63) is 279 Å². The lowest BCUT2D eigenvalue weighted by Gasteiger charge is -2.27. The average molecular weight is 891 g/mol. The summed E-state index contributed by atoms with van der Waals surface area (Å²) in [6.07, 6.45) is 0. The molecule has 2 heteroatoms. The standard InChI is InChI=1S/C68H46N2/c1-5-19-47(20-6-1)51-25-17-29-57(43-51)69(58-30-18-26-52(44-58)54-38-42-66-63(45-54)61-32-15-16-34-65(61)70(66)55-27-11-4-12-28-55)56-39-35-48(36-40-56)53-37-41-60-59-31-13-14-33-62(59)67(49-21-7-2-8-22-49)68(64(60)46-53)50-23-9-3-10-24-50/h1-46H. The Morgan fingerprint density at radius 3 is 1.29 bits per heavy atom. The molecule has 328 valence electrons. The third-order valence-electron chi connectivity index (χ3n) is 13.9. The molecule has 0 spiro atoms. The minimum atomic E-state index is 1.08. The van der Waals surface area contributed by atoms with Crippen LogP contribution in [0.5, 0.6) is 0 Å². The minimum absolute atomic E-state index is 1.08. The molecule has 0 atom stereocenters. The fourth-order valence-corrected chi connectivity index (χ4v) is 10.7. The summed E-state index contributed by atoms with van der Waals surface area (Å²) in [5.74, 6) is 0. The first kappa shape index (κ1) is 41.0. The molecule has 0 N–H and O–H groups in total. The van der Waals surface area contributed by atoms with Gasteiger partial charge in [-0.1, -0.05) is 206 Å². The average Bonchev–Trinajstić information content (AvgIpc) is 3.77.